The average molecular weight is 557 g/mol. The van der Waals surface area contributed by atoms with Gasteiger partial charge >= 0.3 is 11.9 Å². The van der Waals surface area contributed by atoms with Gasteiger partial charge in [-0.3, -0.25) is 19.2 Å². The van der Waals surface area contributed by atoms with Crippen LogP contribution in [-0.4, -0.2) is 41.8 Å². The number of benzene rings is 4. The van der Waals surface area contributed by atoms with Gasteiger partial charge in [0, 0.05) is 32.0 Å². The Morgan fingerprint density at radius 3 is 1.15 bits per heavy atom. The molecule has 0 radical (unpaired) electrons. The van der Waals surface area contributed by atoms with E-state index in [9.17, 15) is 19.2 Å². The van der Waals surface area contributed by atoms with Crippen molar-refractivity contribution in [3.63, 3.8) is 0 Å². The van der Waals surface area contributed by atoms with Gasteiger partial charge in [0.25, 0.3) is 0 Å². The van der Waals surface area contributed by atoms with Gasteiger partial charge < -0.3 is 9.47 Å². The lowest BCUT2D eigenvalue weighted by molar-refractivity contribution is -0.163. The molecule has 0 saturated carbocycles. The predicted octanol–water partition coefficient (Wildman–Crippen LogP) is 6.08. The molecule has 4 aromatic carbocycles. The molecule has 4 aromatic rings. The van der Waals surface area contributed by atoms with Crippen LogP contribution in [0, 0.1) is 0 Å². The molecule has 0 unspecified atom stereocenters. The normalized spacial score (nSPS) is 10.5. The Kier molecular flexibility index (Phi) is 10.1. The molecule has 0 spiro atoms. The second-order valence-electron chi connectivity index (χ2n) is 8.17. The number of hydrogen-bond acceptors (Lipinski definition) is 8. The molecular formula is C31H24O6S2. The number of carbonyl (C=O) groups is 4. The predicted molar refractivity (Wildman–Crippen MR) is 151 cm³/mol. The van der Waals surface area contributed by atoms with E-state index < -0.39 is 18.7 Å². The zero-order valence-electron chi connectivity index (χ0n) is 20.8. The van der Waals surface area contributed by atoms with Crippen LogP contribution < -0.4 is 0 Å². The Labute approximate surface area is 234 Å². The molecule has 0 aliphatic rings. The van der Waals surface area contributed by atoms with Crippen LogP contribution in [-0.2, 0) is 19.1 Å². The lowest BCUT2D eigenvalue weighted by Gasteiger charge is -2.07. The SMILES string of the molecule is O=C(CSc1ccc(C(=O)c2ccccc2)cc1)OCOC(=O)CSc1ccc(C(=O)c2ccccc2)cc1. The molecule has 39 heavy (non-hydrogen) atoms. The quantitative estimate of drug-likeness (QED) is 0.0899. The van der Waals surface area contributed by atoms with Gasteiger partial charge in [-0.15, -0.1) is 23.5 Å². The minimum Gasteiger partial charge on any atom is -0.427 e. The van der Waals surface area contributed by atoms with E-state index in [0.717, 1.165) is 9.79 Å². The van der Waals surface area contributed by atoms with E-state index in [0.29, 0.717) is 22.3 Å². The van der Waals surface area contributed by atoms with Crippen molar-refractivity contribution in [2.75, 3.05) is 18.3 Å². The zero-order valence-corrected chi connectivity index (χ0v) is 22.4. The van der Waals surface area contributed by atoms with Crippen LogP contribution in [0.2, 0.25) is 0 Å². The standard InChI is InChI=1S/C31H24O6S2/c32-28(19-38-26-15-11-24(12-16-26)30(34)22-7-3-1-4-8-22)36-21-37-29(33)20-39-27-17-13-25(14-18-27)31(35)23-9-5-2-6-10-23/h1-18H,19-21H2. The second kappa shape index (κ2) is 14.1. The van der Waals surface area contributed by atoms with Crippen molar-refractivity contribution in [3.05, 3.63) is 131 Å². The van der Waals surface area contributed by atoms with E-state index in [4.69, 9.17) is 9.47 Å². The van der Waals surface area contributed by atoms with Gasteiger partial charge in [-0.25, -0.2) is 0 Å². The maximum absolute atomic E-state index is 12.5. The molecule has 4 rings (SSSR count). The largest absolute Gasteiger partial charge is 0.427 e. The number of rotatable bonds is 12. The molecule has 0 amide bonds. The maximum atomic E-state index is 12.5. The van der Waals surface area contributed by atoms with Crippen molar-refractivity contribution in [2.45, 2.75) is 9.79 Å². The molecule has 196 valence electrons. The summed E-state index contributed by atoms with van der Waals surface area (Å²) in [6.45, 7) is -0.464. The van der Waals surface area contributed by atoms with Crippen molar-refractivity contribution in [3.8, 4) is 0 Å². The summed E-state index contributed by atoms with van der Waals surface area (Å²) in [5.41, 5.74) is 2.36. The van der Waals surface area contributed by atoms with Crippen LogP contribution in [0.5, 0.6) is 0 Å². The Balaban J connectivity index is 1.13. The van der Waals surface area contributed by atoms with Gasteiger partial charge in [-0.1, -0.05) is 60.7 Å². The number of esters is 2. The van der Waals surface area contributed by atoms with Crippen molar-refractivity contribution in [2.24, 2.45) is 0 Å². The molecule has 0 aliphatic heterocycles. The average Bonchev–Trinajstić information content (AvgIpc) is 2.99. The zero-order chi connectivity index (χ0) is 27.5. The van der Waals surface area contributed by atoms with Crippen molar-refractivity contribution < 1.29 is 28.7 Å². The van der Waals surface area contributed by atoms with Gasteiger partial charge in [-0.05, 0) is 48.5 Å². The third-order valence-electron chi connectivity index (χ3n) is 5.46. The second-order valence-corrected chi connectivity index (χ2v) is 10.3. The summed E-state index contributed by atoms with van der Waals surface area (Å²) in [5.74, 6) is -1.12. The third-order valence-corrected chi connectivity index (χ3v) is 7.43. The highest BCUT2D eigenvalue weighted by Gasteiger charge is 2.12. The first-order valence-corrected chi connectivity index (χ1v) is 13.9. The van der Waals surface area contributed by atoms with Gasteiger partial charge in [0.05, 0.1) is 11.5 Å². The van der Waals surface area contributed by atoms with Gasteiger partial charge in [-0.2, -0.15) is 0 Å². The van der Waals surface area contributed by atoms with Crippen LogP contribution in [0.15, 0.2) is 119 Å². The first-order chi connectivity index (χ1) is 19.0. The Morgan fingerprint density at radius 2 is 0.795 bits per heavy atom. The highest BCUT2D eigenvalue weighted by atomic mass is 32.2. The summed E-state index contributed by atoms with van der Waals surface area (Å²) < 4.78 is 9.97. The summed E-state index contributed by atoms with van der Waals surface area (Å²) in [5, 5.41) is 0. The first kappa shape index (κ1) is 27.9. The molecule has 0 heterocycles. The van der Waals surface area contributed by atoms with Crippen LogP contribution in [0.3, 0.4) is 0 Å². The van der Waals surface area contributed by atoms with Crippen LogP contribution in [0.1, 0.15) is 31.8 Å². The highest BCUT2D eigenvalue weighted by Crippen LogP contribution is 2.21. The highest BCUT2D eigenvalue weighted by molar-refractivity contribution is 8.00. The first-order valence-electron chi connectivity index (χ1n) is 12.0. The summed E-state index contributed by atoms with van der Waals surface area (Å²) in [6.07, 6.45) is 0. The molecule has 0 fully saturated rings. The van der Waals surface area contributed by atoms with E-state index >= 15 is 0 Å². The number of ether oxygens (including phenoxy) is 2. The fourth-order valence-electron chi connectivity index (χ4n) is 3.45. The fraction of sp³-hybridized carbons (Fsp3) is 0.0968. The van der Waals surface area contributed by atoms with E-state index in [1.807, 2.05) is 36.4 Å². The minimum atomic E-state index is -0.524. The number of ketones is 2. The number of hydrogen-bond donors (Lipinski definition) is 0. The lowest BCUT2D eigenvalue weighted by Crippen LogP contribution is -2.15. The number of carbonyl (C=O) groups excluding carboxylic acids is 4. The molecule has 0 aromatic heterocycles. The minimum absolute atomic E-state index is 0.0341. The Hall–Kier alpha value is -4.14. The third kappa shape index (κ3) is 8.43. The van der Waals surface area contributed by atoms with E-state index in [-0.39, 0.29) is 23.1 Å². The molecule has 8 heteroatoms. The summed E-state index contributed by atoms with van der Waals surface area (Å²) in [6, 6.07) is 32.0. The van der Waals surface area contributed by atoms with Crippen molar-refractivity contribution in [1.29, 1.82) is 0 Å². The number of thioether (sulfide) groups is 2. The van der Waals surface area contributed by atoms with Crippen molar-refractivity contribution in [1.82, 2.24) is 0 Å². The Bertz CT molecular complexity index is 1310. The topological polar surface area (TPSA) is 86.7 Å². The Morgan fingerprint density at radius 1 is 0.462 bits per heavy atom. The molecule has 0 aliphatic carbocycles. The van der Waals surface area contributed by atoms with Gasteiger partial charge in [0.2, 0.25) is 6.79 Å². The van der Waals surface area contributed by atoms with Gasteiger partial charge in [0.15, 0.2) is 11.6 Å². The molecule has 0 atom stereocenters. The maximum Gasteiger partial charge on any atom is 0.319 e. The van der Waals surface area contributed by atoms with Crippen molar-refractivity contribution >= 4 is 47.0 Å². The van der Waals surface area contributed by atoms with Gasteiger partial charge in [0.1, 0.15) is 0 Å². The molecule has 0 saturated heterocycles. The summed E-state index contributed by atoms with van der Waals surface area (Å²) in [7, 11) is 0. The van der Waals surface area contributed by atoms with E-state index in [2.05, 4.69) is 0 Å². The van der Waals surface area contributed by atoms with Crippen LogP contribution in [0.4, 0.5) is 0 Å². The van der Waals surface area contributed by atoms with Crippen LogP contribution >= 0.6 is 23.5 Å². The lowest BCUT2D eigenvalue weighted by atomic mass is 10.0. The fourth-order valence-corrected chi connectivity index (χ4v) is 4.84. The summed E-state index contributed by atoms with van der Waals surface area (Å²) >= 11 is 2.52. The molecule has 0 N–H and O–H groups in total. The summed E-state index contributed by atoms with van der Waals surface area (Å²) in [4.78, 5) is 50.6. The van der Waals surface area contributed by atoms with Crippen LogP contribution in [0.25, 0.3) is 0 Å². The van der Waals surface area contributed by atoms with E-state index in [1.54, 1.807) is 72.8 Å². The molecule has 0 bridgehead atoms. The smallest absolute Gasteiger partial charge is 0.319 e. The molecular weight excluding hydrogens is 532 g/mol. The monoisotopic (exact) mass is 556 g/mol. The van der Waals surface area contributed by atoms with E-state index in [1.165, 1.54) is 23.5 Å². The molecule has 6 nitrogen and oxygen atoms in total.